The highest BCUT2D eigenvalue weighted by molar-refractivity contribution is 9.10. The van der Waals surface area contributed by atoms with Crippen LogP contribution in [0.5, 0.6) is 11.5 Å². The molecule has 1 aliphatic heterocycles. The molecule has 2 aliphatic rings. The molecular weight excluding hydrogens is 301 g/mol. The summed E-state index contributed by atoms with van der Waals surface area (Å²) in [5.74, 6) is 0.723. The number of hydrogen-bond acceptors (Lipinski definition) is 3. The van der Waals surface area contributed by atoms with Gasteiger partial charge in [-0.05, 0) is 28.8 Å². The first kappa shape index (κ1) is 12.2. The van der Waals surface area contributed by atoms with Crippen molar-refractivity contribution in [3.8, 4) is 11.5 Å². The van der Waals surface area contributed by atoms with Crippen molar-refractivity contribution in [2.75, 3.05) is 13.2 Å². The van der Waals surface area contributed by atoms with Crippen LogP contribution in [0.4, 0.5) is 4.39 Å². The van der Waals surface area contributed by atoms with Crippen LogP contribution >= 0.6 is 15.9 Å². The predicted octanol–water partition coefficient (Wildman–Crippen LogP) is 3.09. The maximum atomic E-state index is 14.3. The molecule has 1 aromatic rings. The third-order valence-electron chi connectivity index (χ3n) is 3.72. The predicted molar refractivity (Wildman–Crippen MR) is 69.4 cm³/mol. The molecule has 2 N–H and O–H groups in total. The molecule has 1 fully saturated rings. The number of hydrogen-bond donors (Lipinski definition) is 1. The Morgan fingerprint density at radius 1 is 1.22 bits per heavy atom. The molecule has 0 radical (unpaired) electrons. The first-order chi connectivity index (χ1) is 8.62. The second kappa shape index (κ2) is 4.38. The monoisotopic (exact) mass is 315 g/mol. The Bertz CT molecular complexity index is 486. The van der Waals surface area contributed by atoms with E-state index in [1.54, 1.807) is 0 Å². The largest absolute Gasteiger partial charge is 0.486 e. The van der Waals surface area contributed by atoms with E-state index in [0.717, 1.165) is 25.7 Å². The Morgan fingerprint density at radius 2 is 1.89 bits per heavy atom. The average Bonchev–Trinajstić information content (AvgIpc) is 2.77. The molecule has 0 unspecified atom stereocenters. The van der Waals surface area contributed by atoms with Crippen LogP contribution in [0.3, 0.4) is 0 Å². The smallest absolute Gasteiger partial charge is 0.176 e. The topological polar surface area (TPSA) is 44.5 Å². The summed E-state index contributed by atoms with van der Waals surface area (Å²) in [5, 5.41) is 0. The number of ether oxygens (including phenoxy) is 2. The molecule has 0 bridgehead atoms. The third-order valence-corrected chi connectivity index (χ3v) is 4.48. The van der Waals surface area contributed by atoms with E-state index in [1.165, 1.54) is 6.07 Å². The Kier molecular flexibility index (Phi) is 2.98. The summed E-state index contributed by atoms with van der Waals surface area (Å²) in [7, 11) is 0. The molecule has 0 spiro atoms. The minimum atomic E-state index is -0.585. The molecule has 0 amide bonds. The molecule has 1 aliphatic carbocycles. The maximum absolute atomic E-state index is 14.3. The second-order valence-corrected chi connectivity index (χ2v) is 5.73. The minimum absolute atomic E-state index is 0.310. The lowest BCUT2D eigenvalue weighted by Crippen LogP contribution is -2.35. The van der Waals surface area contributed by atoms with Gasteiger partial charge in [0.25, 0.3) is 0 Å². The van der Waals surface area contributed by atoms with Crippen LogP contribution in [0.2, 0.25) is 0 Å². The highest BCUT2D eigenvalue weighted by Crippen LogP contribution is 2.48. The molecule has 0 atom stereocenters. The van der Waals surface area contributed by atoms with Crippen LogP contribution in [0.15, 0.2) is 10.5 Å². The van der Waals surface area contributed by atoms with Crippen molar-refractivity contribution in [3.05, 3.63) is 21.9 Å². The van der Waals surface area contributed by atoms with Crippen molar-refractivity contribution >= 4 is 15.9 Å². The van der Waals surface area contributed by atoms with Crippen molar-refractivity contribution in [1.82, 2.24) is 0 Å². The summed E-state index contributed by atoms with van der Waals surface area (Å²) < 4.78 is 25.9. The van der Waals surface area contributed by atoms with E-state index in [-0.39, 0.29) is 5.82 Å². The van der Waals surface area contributed by atoms with E-state index < -0.39 is 5.54 Å². The number of benzene rings is 1. The van der Waals surface area contributed by atoms with Gasteiger partial charge in [-0.3, -0.25) is 0 Å². The quantitative estimate of drug-likeness (QED) is 0.866. The fourth-order valence-corrected chi connectivity index (χ4v) is 3.72. The van der Waals surface area contributed by atoms with Crippen molar-refractivity contribution in [1.29, 1.82) is 0 Å². The van der Waals surface area contributed by atoms with Crippen LogP contribution in [0.25, 0.3) is 0 Å². The summed E-state index contributed by atoms with van der Waals surface area (Å²) >= 11 is 3.44. The molecule has 98 valence electrons. The van der Waals surface area contributed by atoms with Crippen LogP contribution in [0, 0.1) is 5.82 Å². The van der Waals surface area contributed by atoms with E-state index in [1.807, 2.05) is 0 Å². The standard InChI is InChI=1S/C13H15BrFNO2/c14-11-10(13(16)3-1-2-4-13)8(15)7-9-12(11)18-6-5-17-9/h7H,1-6,16H2. The zero-order valence-electron chi connectivity index (χ0n) is 9.97. The molecule has 18 heavy (non-hydrogen) atoms. The van der Waals surface area contributed by atoms with Gasteiger partial charge in [0, 0.05) is 17.2 Å². The molecule has 3 nitrogen and oxygen atoms in total. The fourth-order valence-electron chi connectivity index (χ4n) is 2.83. The lowest BCUT2D eigenvalue weighted by atomic mass is 9.88. The maximum Gasteiger partial charge on any atom is 0.176 e. The van der Waals surface area contributed by atoms with E-state index in [4.69, 9.17) is 15.2 Å². The van der Waals surface area contributed by atoms with Crippen LogP contribution in [-0.4, -0.2) is 13.2 Å². The average molecular weight is 316 g/mol. The zero-order chi connectivity index (χ0) is 12.8. The Hall–Kier alpha value is -0.810. The van der Waals surface area contributed by atoms with Crippen molar-refractivity contribution in [2.45, 2.75) is 31.2 Å². The molecule has 5 heteroatoms. The van der Waals surface area contributed by atoms with Gasteiger partial charge in [0.15, 0.2) is 11.5 Å². The van der Waals surface area contributed by atoms with Gasteiger partial charge in [0.2, 0.25) is 0 Å². The molecule has 3 rings (SSSR count). The summed E-state index contributed by atoms with van der Waals surface area (Å²) in [6.07, 6.45) is 3.69. The third kappa shape index (κ3) is 1.80. The lowest BCUT2D eigenvalue weighted by Gasteiger charge is -2.29. The number of halogens is 2. The van der Waals surface area contributed by atoms with Crippen LogP contribution in [-0.2, 0) is 5.54 Å². The number of fused-ring (bicyclic) bond motifs is 1. The minimum Gasteiger partial charge on any atom is -0.486 e. The Labute approximate surface area is 114 Å². The number of rotatable bonds is 1. The van der Waals surface area contributed by atoms with Crippen LogP contribution in [0.1, 0.15) is 31.2 Å². The van der Waals surface area contributed by atoms with Gasteiger partial charge in [0.05, 0.1) is 4.47 Å². The van der Waals surface area contributed by atoms with Gasteiger partial charge < -0.3 is 15.2 Å². The van der Waals surface area contributed by atoms with E-state index >= 15 is 0 Å². The normalized spacial score (nSPS) is 21.1. The molecule has 1 heterocycles. The van der Waals surface area contributed by atoms with E-state index in [9.17, 15) is 4.39 Å². The molecule has 0 aromatic heterocycles. The Morgan fingerprint density at radius 3 is 2.61 bits per heavy atom. The van der Waals surface area contributed by atoms with Crippen molar-refractivity contribution in [2.24, 2.45) is 5.73 Å². The van der Waals surface area contributed by atoms with Crippen LogP contribution < -0.4 is 15.2 Å². The lowest BCUT2D eigenvalue weighted by molar-refractivity contribution is 0.168. The van der Waals surface area contributed by atoms with Gasteiger partial charge in [-0.2, -0.15) is 0 Å². The summed E-state index contributed by atoms with van der Waals surface area (Å²) in [5.41, 5.74) is 6.30. The van der Waals surface area contributed by atoms with Gasteiger partial charge in [-0.1, -0.05) is 12.8 Å². The molecular formula is C13H15BrFNO2. The summed E-state index contributed by atoms with van der Waals surface area (Å²) in [4.78, 5) is 0. The van der Waals surface area contributed by atoms with E-state index in [2.05, 4.69) is 15.9 Å². The molecule has 1 saturated carbocycles. The van der Waals surface area contributed by atoms with Crippen molar-refractivity contribution in [3.63, 3.8) is 0 Å². The SMILES string of the molecule is NC1(c2c(F)cc3c(c2Br)OCCO3)CCCC1. The fraction of sp³-hybridized carbons (Fsp3) is 0.538. The molecule has 0 saturated heterocycles. The zero-order valence-corrected chi connectivity index (χ0v) is 11.6. The highest BCUT2D eigenvalue weighted by atomic mass is 79.9. The number of nitrogens with two attached hydrogens (primary N) is 1. The summed E-state index contributed by atoms with van der Waals surface area (Å²) in [6, 6.07) is 1.39. The van der Waals surface area contributed by atoms with Gasteiger partial charge in [0.1, 0.15) is 19.0 Å². The summed E-state index contributed by atoms with van der Waals surface area (Å²) in [6.45, 7) is 0.931. The van der Waals surface area contributed by atoms with Crippen molar-refractivity contribution < 1.29 is 13.9 Å². The molecule has 1 aromatic carbocycles. The second-order valence-electron chi connectivity index (χ2n) is 4.93. The van der Waals surface area contributed by atoms with Gasteiger partial charge >= 0.3 is 0 Å². The van der Waals surface area contributed by atoms with Gasteiger partial charge in [-0.15, -0.1) is 0 Å². The first-order valence-electron chi connectivity index (χ1n) is 6.19. The highest BCUT2D eigenvalue weighted by Gasteiger charge is 2.37. The van der Waals surface area contributed by atoms with Gasteiger partial charge in [-0.25, -0.2) is 4.39 Å². The first-order valence-corrected chi connectivity index (χ1v) is 6.98. The van der Waals surface area contributed by atoms with E-state index in [0.29, 0.717) is 34.7 Å². The Balaban J connectivity index is 2.14.